The van der Waals surface area contributed by atoms with Gasteiger partial charge in [0.25, 0.3) is 0 Å². The molecule has 0 aromatic carbocycles. The van der Waals surface area contributed by atoms with Gasteiger partial charge in [-0.2, -0.15) is 0 Å². The van der Waals surface area contributed by atoms with E-state index in [1.54, 1.807) is 25.7 Å². The molecule has 0 amide bonds. The van der Waals surface area contributed by atoms with Gasteiger partial charge in [-0.05, 0) is 73.1 Å². The highest BCUT2D eigenvalue weighted by Crippen LogP contribution is 2.07. The molecule has 31 heavy (non-hydrogen) atoms. The SMILES string of the molecule is CC.CC.CC.COc1ccc(C)nc1.Cc1ccc(Br)cn1.Cc1ccc(Cl)cn1. The van der Waals surface area contributed by atoms with Crippen molar-refractivity contribution < 1.29 is 4.74 Å². The van der Waals surface area contributed by atoms with Crippen molar-refractivity contribution in [3.8, 4) is 5.75 Å². The van der Waals surface area contributed by atoms with Crippen LogP contribution in [0.25, 0.3) is 0 Å². The standard InChI is InChI=1S/C7H9NO.C6H6BrN.C6H6ClN.3C2H6/c1-6-3-4-7(9-2)5-8-6;2*1-5-2-3-6(7)4-8-5;3*1-2/h3-5H,1-2H3;2*2-4H,1H3;3*1-2H3. The fourth-order valence-corrected chi connectivity index (χ4v) is 1.82. The smallest absolute Gasteiger partial charge is 0.137 e. The number of methoxy groups -OCH3 is 1. The van der Waals surface area contributed by atoms with Crippen LogP contribution in [0.3, 0.4) is 0 Å². The van der Waals surface area contributed by atoms with Crippen molar-refractivity contribution in [2.24, 2.45) is 0 Å². The molecule has 0 aliphatic rings. The van der Waals surface area contributed by atoms with E-state index < -0.39 is 0 Å². The Labute approximate surface area is 203 Å². The van der Waals surface area contributed by atoms with Gasteiger partial charge in [-0.25, -0.2) is 0 Å². The number of rotatable bonds is 1. The molecule has 0 saturated carbocycles. The maximum absolute atomic E-state index is 5.55. The minimum Gasteiger partial charge on any atom is -0.495 e. The number of aryl methyl sites for hydroxylation is 3. The molecule has 3 rings (SSSR count). The summed E-state index contributed by atoms with van der Waals surface area (Å²) in [6.45, 7) is 17.8. The van der Waals surface area contributed by atoms with E-state index in [-0.39, 0.29) is 0 Å². The molecule has 0 aliphatic carbocycles. The summed E-state index contributed by atoms with van der Waals surface area (Å²) in [5.74, 6) is 0.806. The zero-order chi connectivity index (χ0) is 24.7. The molecule has 0 unspecified atom stereocenters. The summed E-state index contributed by atoms with van der Waals surface area (Å²) in [6, 6.07) is 11.4. The van der Waals surface area contributed by atoms with Crippen LogP contribution >= 0.6 is 27.5 Å². The average molecular weight is 513 g/mol. The fraction of sp³-hybridized carbons (Fsp3) is 0.400. The van der Waals surface area contributed by atoms with Gasteiger partial charge in [0.2, 0.25) is 0 Å². The molecule has 6 heteroatoms. The topological polar surface area (TPSA) is 47.9 Å². The van der Waals surface area contributed by atoms with Crippen LogP contribution in [0.1, 0.15) is 58.6 Å². The van der Waals surface area contributed by atoms with Crippen molar-refractivity contribution in [3.05, 3.63) is 81.6 Å². The van der Waals surface area contributed by atoms with Crippen LogP contribution in [0.5, 0.6) is 5.75 Å². The maximum atomic E-state index is 5.55. The van der Waals surface area contributed by atoms with Crippen LogP contribution in [-0.2, 0) is 0 Å². The lowest BCUT2D eigenvalue weighted by atomic mass is 10.4. The molecule has 3 heterocycles. The van der Waals surface area contributed by atoms with Crippen molar-refractivity contribution in [2.75, 3.05) is 7.11 Å². The van der Waals surface area contributed by atoms with Gasteiger partial charge in [-0.1, -0.05) is 53.1 Å². The zero-order valence-corrected chi connectivity index (χ0v) is 23.0. The van der Waals surface area contributed by atoms with Crippen LogP contribution in [0.2, 0.25) is 5.02 Å². The summed E-state index contributed by atoms with van der Waals surface area (Å²) >= 11 is 8.83. The van der Waals surface area contributed by atoms with E-state index in [1.165, 1.54) is 0 Å². The summed E-state index contributed by atoms with van der Waals surface area (Å²) in [5, 5.41) is 0.690. The van der Waals surface area contributed by atoms with Gasteiger partial charge in [-0.3, -0.25) is 15.0 Å². The minimum atomic E-state index is 0.690. The second-order valence-corrected chi connectivity index (χ2v) is 6.43. The third kappa shape index (κ3) is 21.1. The van der Waals surface area contributed by atoms with E-state index in [9.17, 15) is 0 Å². The number of ether oxygens (including phenoxy) is 1. The Morgan fingerprint density at radius 3 is 1.32 bits per heavy atom. The van der Waals surface area contributed by atoms with Crippen LogP contribution in [0.15, 0.2) is 59.5 Å². The number of hydrogen-bond donors (Lipinski definition) is 0. The van der Waals surface area contributed by atoms with Gasteiger partial charge in [0.15, 0.2) is 0 Å². The van der Waals surface area contributed by atoms with Crippen molar-refractivity contribution in [1.29, 1.82) is 0 Å². The summed E-state index contributed by atoms with van der Waals surface area (Å²) in [7, 11) is 1.63. The molecule has 174 valence electrons. The van der Waals surface area contributed by atoms with Crippen LogP contribution < -0.4 is 4.74 Å². The van der Waals surface area contributed by atoms with E-state index in [0.717, 1.165) is 27.3 Å². The Kier molecular flexibility index (Phi) is 26.4. The van der Waals surface area contributed by atoms with E-state index >= 15 is 0 Å². The summed E-state index contributed by atoms with van der Waals surface area (Å²) in [5.41, 5.74) is 3.05. The maximum Gasteiger partial charge on any atom is 0.137 e. The number of aromatic nitrogens is 3. The highest BCUT2D eigenvalue weighted by atomic mass is 79.9. The van der Waals surface area contributed by atoms with Gasteiger partial charge in [0, 0.05) is 33.9 Å². The van der Waals surface area contributed by atoms with Gasteiger partial charge in [-0.15, -0.1) is 0 Å². The van der Waals surface area contributed by atoms with Crippen molar-refractivity contribution in [1.82, 2.24) is 15.0 Å². The average Bonchev–Trinajstić information content (AvgIpc) is 2.83. The summed E-state index contributed by atoms with van der Waals surface area (Å²) < 4.78 is 5.94. The minimum absolute atomic E-state index is 0.690. The Morgan fingerprint density at radius 2 is 1.06 bits per heavy atom. The summed E-state index contributed by atoms with van der Waals surface area (Å²) in [6.07, 6.45) is 5.13. The predicted molar refractivity (Wildman–Crippen MR) is 140 cm³/mol. The van der Waals surface area contributed by atoms with E-state index in [4.69, 9.17) is 16.3 Å². The normalized spacial score (nSPS) is 8.00. The molecule has 0 atom stereocenters. The Morgan fingerprint density at radius 1 is 0.645 bits per heavy atom. The molecule has 4 nitrogen and oxygen atoms in total. The number of halogens is 2. The molecule has 0 fully saturated rings. The molecule has 0 spiro atoms. The predicted octanol–water partition coefficient (Wildman–Crippen LogP) is 8.67. The largest absolute Gasteiger partial charge is 0.495 e. The fourth-order valence-electron chi connectivity index (χ4n) is 1.47. The highest BCUT2D eigenvalue weighted by Gasteiger charge is 1.87. The van der Waals surface area contributed by atoms with E-state index in [2.05, 4.69) is 30.9 Å². The van der Waals surface area contributed by atoms with Gasteiger partial charge in [0.1, 0.15) is 5.75 Å². The lowest BCUT2D eigenvalue weighted by molar-refractivity contribution is 0.412. The van der Waals surface area contributed by atoms with Crippen molar-refractivity contribution >= 4 is 27.5 Å². The van der Waals surface area contributed by atoms with Crippen molar-refractivity contribution in [3.63, 3.8) is 0 Å². The molecular formula is C25H39BrClN3O. The number of nitrogens with zero attached hydrogens (tertiary/aromatic N) is 3. The molecule has 3 aromatic rings. The number of hydrogen-bond acceptors (Lipinski definition) is 4. The van der Waals surface area contributed by atoms with Gasteiger partial charge < -0.3 is 4.74 Å². The lowest BCUT2D eigenvalue weighted by Gasteiger charge is -1.96. The molecule has 0 radical (unpaired) electrons. The Bertz CT molecular complexity index is 649. The van der Waals surface area contributed by atoms with Crippen LogP contribution in [0, 0.1) is 20.8 Å². The number of pyridine rings is 3. The second-order valence-electron chi connectivity index (χ2n) is 5.08. The molecule has 3 aromatic heterocycles. The monoisotopic (exact) mass is 511 g/mol. The van der Waals surface area contributed by atoms with Crippen molar-refractivity contribution in [2.45, 2.75) is 62.3 Å². The molecule has 0 saturated heterocycles. The first kappa shape index (κ1) is 33.7. The Balaban J connectivity index is -0.000000338. The highest BCUT2D eigenvalue weighted by molar-refractivity contribution is 9.10. The Hall–Kier alpha value is -1.98. The second kappa shape index (κ2) is 24.3. The molecule has 0 aliphatic heterocycles. The van der Waals surface area contributed by atoms with Crippen LogP contribution in [-0.4, -0.2) is 22.1 Å². The quantitative estimate of drug-likeness (QED) is 0.327. The molecule has 0 N–H and O–H groups in total. The molecular weight excluding hydrogens is 474 g/mol. The first-order valence-electron chi connectivity index (χ1n) is 10.5. The van der Waals surface area contributed by atoms with E-state index in [0.29, 0.717) is 5.02 Å². The first-order valence-corrected chi connectivity index (χ1v) is 11.7. The van der Waals surface area contributed by atoms with Gasteiger partial charge >= 0.3 is 0 Å². The zero-order valence-electron chi connectivity index (χ0n) is 20.7. The van der Waals surface area contributed by atoms with Crippen LogP contribution in [0.4, 0.5) is 0 Å². The lowest BCUT2D eigenvalue weighted by Crippen LogP contribution is -1.84. The first-order chi connectivity index (χ1) is 14.9. The third-order valence-electron chi connectivity index (χ3n) is 2.87. The van der Waals surface area contributed by atoms with Gasteiger partial charge in [0.05, 0.1) is 18.3 Å². The van der Waals surface area contributed by atoms with E-state index in [1.807, 2.05) is 98.7 Å². The third-order valence-corrected chi connectivity index (χ3v) is 3.56. The molecule has 0 bridgehead atoms. The summed E-state index contributed by atoms with van der Waals surface area (Å²) in [4.78, 5) is 12.0.